The predicted octanol–water partition coefficient (Wildman–Crippen LogP) is 4.60. The minimum absolute atomic E-state index is 0.0487. The number of thiazole rings is 1. The quantitative estimate of drug-likeness (QED) is 0.248. The number of hydrogen-bond acceptors (Lipinski definition) is 5. The lowest BCUT2D eigenvalue weighted by Crippen LogP contribution is -2.30. The molecule has 1 aromatic heterocycles. The third kappa shape index (κ3) is 5.10. The number of nitrogens with one attached hydrogen (secondary N) is 1. The summed E-state index contributed by atoms with van der Waals surface area (Å²) >= 11 is 6.27. The first-order valence-electron chi connectivity index (χ1n) is 9.22. The highest BCUT2D eigenvalue weighted by atomic mass is 35.5. The number of halogens is 5. The highest BCUT2D eigenvalue weighted by Gasteiger charge is 2.36. The third-order valence-electron chi connectivity index (χ3n) is 4.81. The summed E-state index contributed by atoms with van der Waals surface area (Å²) in [6, 6.07) is 3.64. The lowest BCUT2D eigenvalue weighted by Gasteiger charge is -2.14. The lowest BCUT2D eigenvalue weighted by molar-refractivity contribution is -0.137. The number of carbonyl (C=O) groups is 1. The van der Waals surface area contributed by atoms with E-state index in [1.807, 2.05) is 0 Å². The molecule has 1 aromatic carbocycles. The van der Waals surface area contributed by atoms with Gasteiger partial charge in [0.25, 0.3) is 5.91 Å². The number of aliphatic imine (C=N–C) groups is 1. The van der Waals surface area contributed by atoms with Crippen molar-refractivity contribution < 1.29 is 22.4 Å². The number of amides is 1. The Labute approximate surface area is 189 Å². The van der Waals surface area contributed by atoms with Crippen molar-refractivity contribution in [2.45, 2.75) is 24.9 Å². The van der Waals surface area contributed by atoms with Crippen LogP contribution in [0.15, 0.2) is 51.5 Å². The molecule has 1 amide bonds. The molecular formula is C20H18ClF4N5OS. The molecule has 32 heavy (non-hydrogen) atoms. The predicted molar refractivity (Wildman–Crippen MR) is 116 cm³/mol. The van der Waals surface area contributed by atoms with E-state index < -0.39 is 22.9 Å². The number of anilines is 1. The number of benzene rings is 1. The molecule has 0 aliphatic heterocycles. The Bertz CT molecular complexity index is 1140. The fourth-order valence-electron chi connectivity index (χ4n) is 3.18. The van der Waals surface area contributed by atoms with E-state index in [0.717, 1.165) is 6.07 Å². The first kappa shape index (κ1) is 23.7. The number of carbonyl (C=O) groups excluding carboxylic acids is 1. The van der Waals surface area contributed by atoms with Gasteiger partial charge in [-0.2, -0.15) is 13.2 Å². The molecule has 170 valence electrons. The van der Waals surface area contributed by atoms with Gasteiger partial charge in [-0.3, -0.25) is 9.79 Å². The number of rotatable bonds is 5. The molecule has 2 aromatic rings. The molecule has 6 nitrogen and oxygen atoms in total. The van der Waals surface area contributed by atoms with Crippen molar-refractivity contribution in [3.05, 3.63) is 68.0 Å². The fourth-order valence-corrected chi connectivity index (χ4v) is 4.13. The average Bonchev–Trinajstić information content (AvgIpc) is 3.39. The van der Waals surface area contributed by atoms with Crippen molar-refractivity contribution in [2.75, 3.05) is 12.4 Å². The highest BCUT2D eigenvalue weighted by molar-refractivity contribution is 7.09. The van der Waals surface area contributed by atoms with Gasteiger partial charge in [-0.05, 0) is 36.6 Å². The van der Waals surface area contributed by atoms with Gasteiger partial charge in [0, 0.05) is 24.0 Å². The van der Waals surface area contributed by atoms with Gasteiger partial charge in [-0.15, -0.1) is 11.3 Å². The van der Waals surface area contributed by atoms with Gasteiger partial charge in [0.2, 0.25) is 0 Å². The van der Waals surface area contributed by atoms with Crippen LogP contribution in [0, 0.1) is 5.82 Å². The van der Waals surface area contributed by atoms with Crippen LogP contribution < -0.4 is 16.8 Å². The number of aromatic nitrogens is 1. The van der Waals surface area contributed by atoms with Crippen LogP contribution in [-0.2, 0) is 11.0 Å². The van der Waals surface area contributed by atoms with Crippen LogP contribution in [0.5, 0.6) is 0 Å². The second-order valence-electron chi connectivity index (χ2n) is 6.92. The van der Waals surface area contributed by atoms with Crippen molar-refractivity contribution in [1.82, 2.24) is 4.98 Å². The van der Waals surface area contributed by atoms with E-state index in [1.165, 1.54) is 24.6 Å². The van der Waals surface area contributed by atoms with Gasteiger partial charge >= 0.3 is 6.18 Å². The van der Waals surface area contributed by atoms with E-state index in [4.69, 9.17) is 23.1 Å². The van der Waals surface area contributed by atoms with E-state index >= 15 is 0 Å². The molecule has 1 heterocycles. The summed E-state index contributed by atoms with van der Waals surface area (Å²) in [7, 11) is 1.38. The largest absolute Gasteiger partial charge is 0.443 e. The monoisotopic (exact) mass is 487 g/mol. The fraction of sp³-hybridized carbons (Fsp3) is 0.250. The Balaban J connectivity index is 1.84. The van der Waals surface area contributed by atoms with Gasteiger partial charge < -0.3 is 16.8 Å². The van der Waals surface area contributed by atoms with Gasteiger partial charge in [0.05, 0.1) is 16.4 Å². The maximum absolute atomic E-state index is 13.4. The topological polar surface area (TPSA) is 106 Å². The van der Waals surface area contributed by atoms with Gasteiger partial charge in [-0.25, -0.2) is 9.37 Å². The molecule has 0 radical (unpaired) electrons. The van der Waals surface area contributed by atoms with Crippen LogP contribution in [0.3, 0.4) is 0 Å². The SMILES string of the molecule is CN=C(N)/C(C(=O)Nc1ccc(F)c(Cl)c1)=C(\N)C1=CCC(c2csc(C(F)(F)F)n2)C1. The van der Waals surface area contributed by atoms with Crippen molar-refractivity contribution in [3.63, 3.8) is 0 Å². The summed E-state index contributed by atoms with van der Waals surface area (Å²) in [4.78, 5) is 20.4. The maximum Gasteiger partial charge on any atom is 0.443 e. The summed E-state index contributed by atoms with van der Waals surface area (Å²) in [5.41, 5.74) is 13.1. The van der Waals surface area contributed by atoms with Crippen LogP contribution >= 0.6 is 22.9 Å². The van der Waals surface area contributed by atoms with Crippen molar-refractivity contribution >= 4 is 40.4 Å². The first-order chi connectivity index (χ1) is 15.0. The summed E-state index contributed by atoms with van der Waals surface area (Å²) in [5.74, 6) is -1.78. The number of hydrogen-bond donors (Lipinski definition) is 3. The summed E-state index contributed by atoms with van der Waals surface area (Å²) in [6.45, 7) is 0. The number of alkyl halides is 3. The van der Waals surface area contributed by atoms with Gasteiger partial charge in [-0.1, -0.05) is 17.7 Å². The van der Waals surface area contributed by atoms with Crippen LogP contribution in [-0.4, -0.2) is 23.8 Å². The van der Waals surface area contributed by atoms with E-state index in [1.54, 1.807) is 6.08 Å². The standard InChI is InChI=1S/C20H18ClF4N5OS/c1-28-17(27)15(18(31)29-11-4-5-13(22)12(21)7-11)16(26)10-3-2-9(6-10)14-8-32-19(30-14)20(23,24)25/h3-5,7-9H,2,6,26H2,1H3,(H2,27,28)(H,29,31)/b16-15+. The molecule has 1 atom stereocenters. The maximum atomic E-state index is 13.4. The molecule has 5 N–H and O–H groups in total. The number of amidine groups is 1. The molecule has 0 saturated heterocycles. The van der Waals surface area contributed by atoms with Crippen molar-refractivity contribution in [2.24, 2.45) is 16.5 Å². The Kier molecular flexibility index (Phi) is 6.89. The van der Waals surface area contributed by atoms with E-state index in [-0.39, 0.29) is 40.2 Å². The third-order valence-corrected chi connectivity index (χ3v) is 6.01. The smallest absolute Gasteiger partial charge is 0.398 e. The zero-order valence-corrected chi connectivity index (χ0v) is 18.2. The van der Waals surface area contributed by atoms with Crippen molar-refractivity contribution in [1.29, 1.82) is 0 Å². The molecule has 0 bridgehead atoms. The summed E-state index contributed by atoms with van der Waals surface area (Å²) in [5, 5.41) is 2.82. The molecule has 1 aliphatic rings. The van der Waals surface area contributed by atoms with Crippen molar-refractivity contribution in [3.8, 4) is 0 Å². The minimum Gasteiger partial charge on any atom is -0.398 e. The van der Waals surface area contributed by atoms with Crippen LogP contribution in [0.25, 0.3) is 0 Å². The number of allylic oxidation sites excluding steroid dienone is 2. The molecule has 0 saturated carbocycles. The molecule has 0 spiro atoms. The molecule has 12 heteroatoms. The lowest BCUT2D eigenvalue weighted by atomic mass is 9.99. The Morgan fingerprint density at radius 2 is 2.06 bits per heavy atom. The van der Waals surface area contributed by atoms with Gasteiger partial charge in [0.15, 0.2) is 5.01 Å². The molecular weight excluding hydrogens is 470 g/mol. The molecule has 1 aliphatic carbocycles. The number of nitrogens with two attached hydrogens (primary N) is 2. The Hall–Kier alpha value is -2.92. The zero-order chi connectivity index (χ0) is 23.6. The minimum atomic E-state index is -4.50. The Morgan fingerprint density at radius 3 is 2.66 bits per heavy atom. The number of nitrogens with zero attached hydrogens (tertiary/aromatic N) is 2. The summed E-state index contributed by atoms with van der Waals surface area (Å²) < 4.78 is 51.9. The first-order valence-corrected chi connectivity index (χ1v) is 10.5. The molecule has 1 unspecified atom stereocenters. The normalized spacial score (nSPS) is 17.8. The summed E-state index contributed by atoms with van der Waals surface area (Å²) in [6.07, 6.45) is -2.08. The zero-order valence-electron chi connectivity index (χ0n) is 16.6. The van der Waals surface area contributed by atoms with Crippen LogP contribution in [0.2, 0.25) is 5.02 Å². The second kappa shape index (κ2) is 9.29. The van der Waals surface area contributed by atoms with E-state index in [2.05, 4.69) is 15.3 Å². The van der Waals surface area contributed by atoms with E-state index in [9.17, 15) is 22.4 Å². The average molecular weight is 488 g/mol. The molecule has 0 fully saturated rings. The van der Waals surface area contributed by atoms with Gasteiger partial charge in [0.1, 0.15) is 17.2 Å². The Morgan fingerprint density at radius 1 is 1.34 bits per heavy atom. The highest BCUT2D eigenvalue weighted by Crippen LogP contribution is 2.39. The van der Waals surface area contributed by atoms with E-state index in [0.29, 0.717) is 29.0 Å². The second-order valence-corrected chi connectivity index (χ2v) is 8.19. The molecule has 3 rings (SSSR count). The van der Waals surface area contributed by atoms with Crippen LogP contribution in [0.4, 0.5) is 23.2 Å². The van der Waals surface area contributed by atoms with Crippen LogP contribution in [0.1, 0.15) is 29.5 Å².